The van der Waals surface area contributed by atoms with E-state index in [1.54, 1.807) is 18.2 Å². The molecule has 8 heteroatoms. The molecule has 142 valence electrons. The minimum Gasteiger partial charge on any atom is -0.459 e. The number of halogens is 1. The average Bonchev–Trinajstić information content (AvgIpc) is 3.33. The highest BCUT2D eigenvalue weighted by Gasteiger charge is 2.36. The van der Waals surface area contributed by atoms with Gasteiger partial charge in [0.05, 0.1) is 6.26 Å². The van der Waals surface area contributed by atoms with Gasteiger partial charge in [0.15, 0.2) is 12.4 Å². The number of nitrogens with zero attached hydrogens (tertiary/aromatic N) is 1. The number of nitrogens with one attached hydrogen (secondary N) is 1. The maximum Gasteiger partial charge on any atom is 0.329 e. The smallest absolute Gasteiger partial charge is 0.329 e. The van der Waals surface area contributed by atoms with E-state index in [1.165, 1.54) is 11.2 Å². The van der Waals surface area contributed by atoms with E-state index in [1.807, 2.05) is 19.1 Å². The summed E-state index contributed by atoms with van der Waals surface area (Å²) in [5.74, 6) is -1.17. The number of anilines is 1. The van der Waals surface area contributed by atoms with Crippen LogP contribution in [0.2, 0.25) is 0 Å². The summed E-state index contributed by atoms with van der Waals surface area (Å²) in [6, 6.07) is 8.10. The molecule has 2 aromatic rings. The molecule has 0 spiro atoms. The van der Waals surface area contributed by atoms with E-state index in [4.69, 9.17) is 9.15 Å². The third-order valence-electron chi connectivity index (χ3n) is 4.33. The highest BCUT2D eigenvalue weighted by Crippen LogP contribution is 2.22. The second-order valence-electron chi connectivity index (χ2n) is 6.25. The third-order valence-corrected chi connectivity index (χ3v) is 5.00. The lowest BCUT2D eigenvalue weighted by Gasteiger charge is -2.22. The van der Waals surface area contributed by atoms with Crippen LogP contribution < -0.4 is 5.32 Å². The normalized spacial score (nSPS) is 16.2. The Labute approximate surface area is 170 Å². The van der Waals surface area contributed by atoms with Gasteiger partial charge in [0.25, 0.3) is 11.8 Å². The van der Waals surface area contributed by atoms with Crippen LogP contribution in [0.5, 0.6) is 0 Å². The Morgan fingerprint density at radius 3 is 2.85 bits per heavy atom. The second-order valence-corrected chi connectivity index (χ2v) is 7.49. The molecule has 1 saturated heterocycles. The zero-order valence-electron chi connectivity index (χ0n) is 14.7. The molecular formula is C19H19IN2O5. The van der Waals surface area contributed by atoms with Crippen molar-refractivity contribution in [2.75, 3.05) is 18.5 Å². The van der Waals surface area contributed by atoms with Crippen molar-refractivity contribution in [3.8, 4) is 0 Å². The number of carbonyl (C=O) groups is 3. The molecule has 1 aliphatic heterocycles. The van der Waals surface area contributed by atoms with Crippen molar-refractivity contribution in [2.45, 2.75) is 25.8 Å². The van der Waals surface area contributed by atoms with Gasteiger partial charge in [0.1, 0.15) is 6.04 Å². The Balaban J connectivity index is 1.55. The van der Waals surface area contributed by atoms with Crippen LogP contribution in [0.4, 0.5) is 5.69 Å². The average molecular weight is 482 g/mol. The van der Waals surface area contributed by atoms with E-state index >= 15 is 0 Å². The number of ether oxygens (including phenoxy) is 1. The molecule has 1 aromatic carbocycles. The van der Waals surface area contributed by atoms with Gasteiger partial charge in [0.2, 0.25) is 0 Å². The van der Waals surface area contributed by atoms with Gasteiger partial charge in [-0.15, -0.1) is 0 Å². The maximum atomic E-state index is 12.4. The standard InChI is InChI=1S/C19H19IN2O5/c1-12-10-13(20)6-7-14(12)21-17(23)11-27-19(25)15-4-2-8-22(15)18(24)16-5-3-9-26-16/h3,5-7,9-10,15H,2,4,8,11H2,1H3,(H,21,23)/t15-/m0/s1. The topological polar surface area (TPSA) is 88.9 Å². The van der Waals surface area contributed by atoms with E-state index in [0.29, 0.717) is 25.1 Å². The Hall–Kier alpha value is -2.36. The van der Waals surface area contributed by atoms with Gasteiger partial charge < -0.3 is 19.4 Å². The molecule has 0 unspecified atom stereocenters. The molecule has 1 aromatic heterocycles. The minimum absolute atomic E-state index is 0.182. The first-order valence-corrected chi connectivity index (χ1v) is 9.60. The first kappa shape index (κ1) is 19.4. The summed E-state index contributed by atoms with van der Waals surface area (Å²) in [7, 11) is 0. The Kier molecular flexibility index (Phi) is 6.15. The zero-order valence-corrected chi connectivity index (χ0v) is 16.9. The first-order valence-electron chi connectivity index (χ1n) is 8.53. The Morgan fingerprint density at radius 1 is 1.33 bits per heavy atom. The molecule has 0 aliphatic carbocycles. The molecule has 0 bridgehead atoms. The van der Waals surface area contributed by atoms with Crippen molar-refractivity contribution < 1.29 is 23.5 Å². The van der Waals surface area contributed by atoms with Crippen molar-refractivity contribution in [1.29, 1.82) is 0 Å². The predicted molar refractivity (Wildman–Crippen MR) is 106 cm³/mol. The summed E-state index contributed by atoms with van der Waals surface area (Å²) in [6.07, 6.45) is 2.61. The molecular weight excluding hydrogens is 463 g/mol. The highest BCUT2D eigenvalue weighted by molar-refractivity contribution is 14.1. The van der Waals surface area contributed by atoms with Crippen molar-refractivity contribution in [3.63, 3.8) is 0 Å². The Morgan fingerprint density at radius 2 is 2.15 bits per heavy atom. The summed E-state index contributed by atoms with van der Waals surface area (Å²) >= 11 is 2.19. The van der Waals surface area contributed by atoms with Crippen molar-refractivity contribution in [1.82, 2.24) is 4.90 Å². The van der Waals surface area contributed by atoms with Gasteiger partial charge in [-0.2, -0.15) is 0 Å². The Bertz CT molecular complexity index is 850. The number of esters is 1. The third kappa shape index (κ3) is 4.68. The molecule has 0 saturated carbocycles. The van der Waals surface area contributed by atoms with E-state index < -0.39 is 24.5 Å². The molecule has 1 atom stereocenters. The van der Waals surface area contributed by atoms with Crippen LogP contribution in [0.15, 0.2) is 41.0 Å². The molecule has 2 amide bonds. The molecule has 0 radical (unpaired) electrons. The summed E-state index contributed by atoms with van der Waals surface area (Å²) in [5.41, 5.74) is 1.60. The SMILES string of the molecule is Cc1cc(I)ccc1NC(=O)COC(=O)[C@@H]1CCCN1C(=O)c1ccco1. The van der Waals surface area contributed by atoms with Crippen molar-refractivity contribution in [3.05, 3.63) is 51.5 Å². The maximum absolute atomic E-state index is 12.4. The van der Waals surface area contributed by atoms with Crippen LogP contribution in [0, 0.1) is 10.5 Å². The first-order chi connectivity index (χ1) is 13.0. The van der Waals surface area contributed by atoms with E-state index in [0.717, 1.165) is 9.13 Å². The number of benzene rings is 1. The lowest BCUT2D eigenvalue weighted by molar-refractivity contribution is -0.151. The quantitative estimate of drug-likeness (QED) is 0.523. The minimum atomic E-state index is -0.699. The van der Waals surface area contributed by atoms with Crippen LogP contribution >= 0.6 is 22.6 Å². The summed E-state index contributed by atoms with van der Waals surface area (Å²) in [4.78, 5) is 38.3. The van der Waals surface area contributed by atoms with Crippen molar-refractivity contribution >= 4 is 46.1 Å². The summed E-state index contributed by atoms with van der Waals surface area (Å²) in [6.45, 7) is 1.94. The molecule has 3 rings (SSSR count). The number of furan rings is 1. The van der Waals surface area contributed by atoms with Gasteiger partial charge in [0, 0.05) is 15.8 Å². The zero-order chi connectivity index (χ0) is 19.4. The van der Waals surface area contributed by atoms with Gasteiger partial charge in [-0.3, -0.25) is 9.59 Å². The molecule has 1 N–H and O–H groups in total. The molecule has 1 aliphatic rings. The number of carbonyl (C=O) groups excluding carboxylic acids is 3. The summed E-state index contributed by atoms with van der Waals surface area (Å²) in [5, 5.41) is 2.72. The van der Waals surface area contributed by atoms with E-state index in [9.17, 15) is 14.4 Å². The highest BCUT2D eigenvalue weighted by atomic mass is 127. The van der Waals surface area contributed by atoms with Crippen molar-refractivity contribution in [2.24, 2.45) is 0 Å². The van der Waals surface area contributed by atoms with Gasteiger partial charge >= 0.3 is 5.97 Å². The van der Waals surface area contributed by atoms with Crippen LogP contribution in [-0.4, -0.2) is 41.9 Å². The molecule has 7 nitrogen and oxygen atoms in total. The number of amides is 2. The van der Waals surface area contributed by atoms with Crippen LogP contribution in [-0.2, 0) is 14.3 Å². The number of aryl methyl sites for hydroxylation is 1. The lowest BCUT2D eigenvalue weighted by atomic mass is 10.2. The number of likely N-dealkylation sites (tertiary alicyclic amines) is 1. The van der Waals surface area contributed by atoms with Gasteiger partial charge in [-0.05, 0) is 78.3 Å². The van der Waals surface area contributed by atoms with Crippen LogP contribution in [0.1, 0.15) is 29.0 Å². The summed E-state index contributed by atoms with van der Waals surface area (Å²) < 4.78 is 11.3. The number of rotatable bonds is 5. The van der Waals surface area contributed by atoms with E-state index in [2.05, 4.69) is 27.9 Å². The predicted octanol–water partition coefficient (Wildman–Crippen LogP) is 2.98. The molecule has 1 fully saturated rings. The fourth-order valence-electron chi connectivity index (χ4n) is 2.98. The fraction of sp³-hybridized carbons (Fsp3) is 0.316. The number of hydrogen-bond donors (Lipinski definition) is 1. The number of hydrogen-bond acceptors (Lipinski definition) is 5. The fourth-order valence-corrected chi connectivity index (χ4v) is 3.63. The molecule has 27 heavy (non-hydrogen) atoms. The van der Waals surface area contributed by atoms with Crippen LogP contribution in [0.3, 0.4) is 0 Å². The largest absolute Gasteiger partial charge is 0.459 e. The van der Waals surface area contributed by atoms with Gasteiger partial charge in [-0.25, -0.2) is 4.79 Å². The van der Waals surface area contributed by atoms with Gasteiger partial charge in [-0.1, -0.05) is 0 Å². The monoisotopic (exact) mass is 482 g/mol. The second kappa shape index (κ2) is 8.55. The molecule has 2 heterocycles. The lowest BCUT2D eigenvalue weighted by Crippen LogP contribution is -2.42. The van der Waals surface area contributed by atoms with Crippen LogP contribution in [0.25, 0.3) is 0 Å². The van der Waals surface area contributed by atoms with E-state index in [-0.39, 0.29) is 11.7 Å².